The van der Waals surface area contributed by atoms with Crippen LogP contribution in [0.4, 0.5) is 11.4 Å². The first-order chi connectivity index (χ1) is 20.3. The third-order valence-corrected chi connectivity index (χ3v) is 10.4. The van der Waals surface area contributed by atoms with Crippen LogP contribution in [0.25, 0.3) is 0 Å². The van der Waals surface area contributed by atoms with Crippen molar-refractivity contribution in [3.8, 4) is 11.5 Å². The third kappa shape index (κ3) is 3.92. The number of nitrogens with zero attached hydrogens (tertiary/aromatic N) is 2. The molecular weight excluding hydrogens is 576 g/mol. The quantitative estimate of drug-likeness (QED) is 0.214. The number of phenols is 1. The van der Waals surface area contributed by atoms with Crippen LogP contribution >= 0.6 is 11.6 Å². The number of nitro benzene ring substituents is 1. The lowest BCUT2D eigenvalue weighted by atomic mass is 9.46. The number of non-ortho nitro benzene ring substituents is 1. The fourth-order valence-electron chi connectivity index (χ4n) is 7.88. The van der Waals surface area contributed by atoms with Crippen molar-refractivity contribution in [2.24, 2.45) is 29.1 Å². The summed E-state index contributed by atoms with van der Waals surface area (Å²) >= 11 is 6.42. The van der Waals surface area contributed by atoms with Gasteiger partial charge in [-0.2, -0.15) is 0 Å². The Morgan fingerprint density at radius 1 is 1.07 bits per heavy atom. The molecule has 1 saturated heterocycles. The molecule has 10 nitrogen and oxygen atoms in total. The van der Waals surface area contributed by atoms with Gasteiger partial charge in [-0.1, -0.05) is 36.2 Å². The molecule has 1 aliphatic heterocycles. The van der Waals surface area contributed by atoms with E-state index < -0.39 is 51.7 Å². The molecule has 4 aliphatic rings. The van der Waals surface area contributed by atoms with Gasteiger partial charge in [0.15, 0.2) is 23.1 Å². The fourth-order valence-corrected chi connectivity index (χ4v) is 8.09. The van der Waals surface area contributed by atoms with Crippen LogP contribution in [-0.2, 0) is 19.2 Å². The van der Waals surface area contributed by atoms with Gasteiger partial charge in [0, 0.05) is 24.0 Å². The number of ketones is 2. The molecule has 2 aromatic carbocycles. The number of ether oxygens (including phenoxy) is 1. The SMILES string of the molecule is COc1cc([C@H]2C3=CC[C@@H]4C(=O)N(c5cccc([N+](=O)[O-])c5)C(=O)[C@@H]4[C@@H]3C[C@H]3C(=O)C(C)=C(C)C(=O)[C@@]23C)cc(Cl)c1O. The summed E-state index contributed by atoms with van der Waals surface area (Å²) in [5.74, 6) is -5.10. The van der Waals surface area contributed by atoms with Crippen molar-refractivity contribution in [3.63, 3.8) is 0 Å². The van der Waals surface area contributed by atoms with Gasteiger partial charge in [0.05, 0.1) is 40.0 Å². The topological polar surface area (TPSA) is 144 Å². The second-order valence-electron chi connectivity index (χ2n) is 12.0. The van der Waals surface area contributed by atoms with Crippen molar-refractivity contribution < 1.29 is 33.9 Å². The zero-order chi connectivity index (χ0) is 31.1. The second-order valence-corrected chi connectivity index (χ2v) is 12.4. The van der Waals surface area contributed by atoms with Crippen LogP contribution in [0.1, 0.15) is 45.1 Å². The molecule has 1 N–H and O–H groups in total. The Morgan fingerprint density at radius 3 is 2.47 bits per heavy atom. The Bertz CT molecular complexity index is 1730. The zero-order valence-electron chi connectivity index (χ0n) is 23.9. The second kappa shape index (κ2) is 9.87. The molecule has 0 aromatic heterocycles. The molecule has 11 heteroatoms. The van der Waals surface area contributed by atoms with Crippen LogP contribution in [0.5, 0.6) is 11.5 Å². The smallest absolute Gasteiger partial charge is 0.271 e. The predicted molar refractivity (Wildman–Crippen MR) is 156 cm³/mol. The Balaban J connectivity index is 1.52. The van der Waals surface area contributed by atoms with Gasteiger partial charge >= 0.3 is 0 Å². The van der Waals surface area contributed by atoms with Crippen molar-refractivity contribution in [2.75, 3.05) is 12.0 Å². The molecule has 2 aromatic rings. The highest BCUT2D eigenvalue weighted by molar-refractivity contribution is 6.32. The number of carbonyl (C=O) groups excluding carboxylic acids is 4. The van der Waals surface area contributed by atoms with Gasteiger partial charge in [-0.3, -0.25) is 29.3 Å². The maximum Gasteiger partial charge on any atom is 0.271 e. The number of hydrogen-bond donors (Lipinski definition) is 1. The van der Waals surface area contributed by atoms with Gasteiger partial charge in [0.1, 0.15) is 0 Å². The van der Waals surface area contributed by atoms with Crippen LogP contribution < -0.4 is 9.64 Å². The highest BCUT2D eigenvalue weighted by Crippen LogP contribution is 2.63. The van der Waals surface area contributed by atoms with Gasteiger partial charge in [-0.15, -0.1) is 0 Å². The van der Waals surface area contributed by atoms with Crippen molar-refractivity contribution in [2.45, 2.75) is 39.5 Å². The highest BCUT2D eigenvalue weighted by atomic mass is 35.5. The lowest BCUT2D eigenvalue weighted by Gasteiger charge is -2.54. The number of anilines is 1. The Labute approximate surface area is 252 Å². The van der Waals surface area contributed by atoms with Crippen molar-refractivity contribution in [3.05, 3.63) is 79.9 Å². The average Bonchev–Trinajstić information content (AvgIpc) is 3.25. The first kappa shape index (κ1) is 28.8. The van der Waals surface area contributed by atoms with E-state index in [2.05, 4.69) is 0 Å². The van der Waals surface area contributed by atoms with E-state index in [1.807, 2.05) is 6.08 Å². The maximum absolute atomic E-state index is 14.1. The number of benzene rings is 2. The number of methoxy groups -OCH3 is 1. The number of allylic oxidation sites excluding steroid dienone is 4. The highest BCUT2D eigenvalue weighted by Gasteiger charge is 2.64. The van der Waals surface area contributed by atoms with Crippen LogP contribution in [0.3, 0.4) is 0 Å². The summed E-state index contributed by atoms with van der Waals surface area (Å²) in [5, 5.41) is 21.9. The van der Waals surface area contributed by atoms with E-state index in [-0.39, 0.29) is 52.3 Å². The summed E-state index contributed by atoms with van der Waals surface area (Å²) in [6, 6.07) is 8.55. The molecule has 6 atom stereocenters. The molecule has 6 rings (SSSR count). The van der Waals surface area contributed by atoms with Crippen LogP contribution in [-0.4, -0.2) is 40.5 Å². The third-order valence-electron chi connectivity index (χ3n) is 10.1. The van der Waals surface area contributed by atoms with Crippen LogP contribution in [0, 0.1) is 39.2 Å². The molecule has 0 radical (unpaired) electrons. The summed E-state index contributed by atoms with van der Waals surface area (Å²) in [5.41, 5.74) is 0.684. The van der Waals surface area contributed by atoms with Crippen LogP contribution in [0.2, 0.25) is 5.02 Å². The maximum atomic E-state index is 14.1. The molecular formula is C32H29ClN2O8. The van der Waals surface area contributed by atoms with E-state index >= 15 is 0 Å². The first-order valence-electron chi connectivity index (χ1n) is 14.0. The largest absolute Gasteiger partial charge is 0.503 e. The van der Waals surface area contributed by atoms with Gasteiger partial charge in [-0.05, 0) is 67.5 Å². The standard InChI is InChI=1S/C32H29ClN2O8/c1-14-15(2)29(38)32(3)22(27(14)36)13-21-19(26(32)16-10-23(33)28(37)24(11-16)43-4)8-9-20-25(21)31(40)34(30(20)39)17-6-5-7-18(12-17)35(41)42/h5-8,10-12,20-22,25-26,37H,9,13H2,1-4H3/t20-,21+,22-,25-,26-,32+/m0/s1. The summed E-state index contributed by atoms with van der Waals surface area (Å²) in [4.78, 5) is 67.7. The number of imide groups is 1. The van der Waals surface area contributed by atoms with E-state index in [0.717, 1.165) is 10.5 Å². The molecule has 1 saturated carbocycles. The number of halogens is 1. The molecule has 0 spiro atoms. The molecule has 0 unspecified atom stereocenters. The number of aromatic hydroxyl groups is 1. The lowest BCUT2D eigenvalue weighted by Crippen LogP contribution is -2.55. The summed E-state index contributed by atoms with van der Waals surface area (Å²) in [7, 11) is 1.38. The van der Waals surface area contributed by atoms with E-state index in [4.69, 9.17) is 16.3 Å². The average molecular weight is 605 g/mol. The molecule has 0 bridgehead atoms. The minimum atomic E-state index is -1.23. The minimum absolute atomic E-state index is 0.00732. The van der Waals surface area contributed by atoms with E-state index in [1.165, 1.54) is 31.4 Å². The molecule has 2 amide bonds. The zero-order valence-corrected chi connectivity index (χ0v) is 24.7. The van der Waals surface area contributed by atoms with Crippen molar-refractivity contribution in [1.82, 2.24) is 0 Å². The Kier molecular flexibility index (Phi) is 6.61. The number of Topliss-reactive ketones (excluding diaryl/α,β-unsaturated/α-hetero) is 2. The normalized spacial score (nSPS) is 30.1. The van der Waals surface area contributed by atoms with E-state index in [9.17, 15) is 34.4 Å². The summed E-state index contributed by atoms with van der Waals surface area (Å²) in [6.45, 7) is 5.05. The first-order valence-corrected chi connectivity index (χ1v) is 14.4. The van der Waals surface area contributed by atoms with Crippen molar-refractivity contribution in [1.29, 1.82) is 0 Å². The number of fused-ring (bicyclic) bond motifs is 4. The van der Waals surface area contributed by atoms with Gasteiger partial charge in [-0.25, -0.2) is 4.90 Å². The van der Waals surface area contributed by atoms with Crippen LogP contribution in [0.15, 0.2) is 59.2 Å². The fraction of sp³-hybridized carbons (Fsp3) is 0.375. The van der Waals surface area contributed by atoms with E-state index in [1.54, 1.807) is 32.9 Å². The molecule has 43 heavy (non-hydrogen) atoms. The number of rotatable bonds is 4. The summed E-state index contributed by atoms with van der Waals surface area (Å²) in [6.07, 6.45) is 2.29. The Morgan fingerprint density at radius 2 is 1.79 bits per heavy atom. The van der Waals surface area contributed by atoms with Crippen molar-refractivity contribution >= 4 is 46.4 Å². The van der Waals surface area contributed by atoms with Gasteiger partial charge in [0.2, 0.25) is 11.8 Å². The van der Waals surface area contributed by atoms with E-state index in [0.29, 0.717) is 16.7 Å². The number of amides is 2. The molecule has 2 fully saturated rings. The minimum Gasteiger partial charge on any atom is -0.503 e. The predicted octanol–water partition coefficient (Wildman–Crippen LogP) is 5.31. The Hall–Kier alpha value is -4.31. The number of carbonyl (C=O) groups is 4. The molecule has 1 heterocycles. The number of nitro groups is 1. The molecule has 3 aliphatic carbocycles. The number of hydrogen-bond acceptors (Lipinski definition) is 8. The monoisotopic (exact) mass is 604 g/mol. The van der Waals surface area contributed by atoms with Gasteiger partial charge < -0.3 is 9.84 Å². The lowest BCUT2D eigenvalue weighted by molar-refractivity contribution is -0.384. The molecule has 222 valence electrons. The number of phenolic OH excluding ortho intramolecular Hbond substituents is 1. The summed E-state index contributed by atoms with van der Waals surface area (Å²) < 4.78 is 5.37. The van der Waals surface area contributed by atoms with Gasteiger partial charge in [0.25, 0.3) is 5.69 Å².